The Labute approximate surface area is 142 Å². The molecular weight excluding hydrogens is 352 g/mol. The molecule has 0 unspecified atom stereocenters. The van der Waals surface area contributed by atoms with Crippen molar-refractivity contribution in [2.24, 2.45) is 0 Å². The first-order chi connectivity index (χ1) is 11.8. The van der Waals surface area contributed by atoms with E-state index >= 15 is 0 Å². The first-order valence-corrected chi connectivity index (χ1v) is 8.52. The summed E-state index contributed by atoms with van der Waals surface area (Å²) in [6.07, 6.45) is 2.71. The number of nitro groups is 1. The fourth-order valence-electron chi connectivity index (χ4n) is 2.58. The number of sulfonamides is 1. The van der Waals surface area contributed by atoms with Crippen molar-refractivity contribution in [3.05, 3.63) is 58.2 Å². The molecule has 0 aliphatic carbocycles. The van der Waals surface area contributed by atoms with E-state index in [-0.39, 0.29) is 23.5 Å². The summed E-state index contributed by atoms with van der Waals surface area (Å²) in [7, 11) is -4.18. The lowest BCUT2D eigenvalue weighted by atomic mass is 10.1. The van der Waals surface area contributed by atoms with Gasteiger partial charge in [0.25, 0.3) is 5.69 Å². The minimum Gasteiger partial charge on any atom is -0.480 e. The number of benzene rings is 1. The number of nitro benzene ring substituents is 1. The number of aromatic nitrogens is 2. The summed E-state index contributed by atoms with van der Waals surface area (Å²) in [5.41, 5.74) is 0.555. The number of carboxylic acids is 1. The summed E-state index contributed by atoms with van der Waals surface area (Å²) in [5, 5.41) is 20.1. The third-order valence-corrected chi connectivity index (χ3v) is 5.71. The zero-order valence-corrected chi connectivity index (χ0v) is 13.5. The van der Waals surface area contributed by atoms with Crippen molar-refractivity contribution in [1.29, 1.82) is 0 Å². The van der Waals surface area contributed by atoms with E-state index in [0.29, 0.717) is 11.4 Å². The Bertz CT molecular complexity index is 944. The maximum absolute atomic E-state index is 12.8. The van der Waals surface area contributed by atoms with Gasteiger partial charge in [-0.3, -0.25) is 24.9 Å². The number of rotatable bonds is 4. The lowest BCUT2D eigenvalue weighted by Gasteiger charge is -2.32. The molecule has 1 atom stereocenters. The molecule has 0 radical (unpaired) electrons. The molecule has 1 aromatic carbocycles. The van der Waals surface area contributed by atoms with Crippen molar-refractivity contribution in [2.45, 2.75) is 23.9 Å². The highest BCUT2D eigenvalue weighted by Gasteiger charge is 2.40. The average molecular weight is 364 g/mol. The van der Waals surface area contributed by atoms with E-state index in [4.69, 9.17) is 0 Å². The van der Waals surface area contributed by atoms with Crippen LogP contribution in [-0.4, -0.2) is 44.7 Å². The van der Waals surface area contributed by atoms with E-state index in [1.807, 2.05) is 0 Å². The number of aliphatic carboxylic acids is 1. The molecule has 1 aliphatic rings. The van der Waals surface area contributed by atoms with Crippen LogP contribution in [0.1, 0.15) is 11.4 Å². The van der Waals surface area contributed by atoms with Crippen LogP contribution in [0.2, 0.25) is 0 Å². The topological polar surface area (TPSA) is 144 Å². The molecule has 1 aliphatic heterocycles. The van der Waals surface area contributed by atoms with Gasteiger partial charge >= 0.3 is 5.97 Å². The van der Waals surface area contributed by atoms with E-state index in [0.717, 1.165) is 28.6 Å². The van der Waals surface area contributed by atoms with Crippen LogP contribution in [0.3, 0.4) is 0 Å². The van der Waals surface area contributed by atoms with Gasteiger partial charge in [-0.25, -0.2) is 8.42 Å². The second kappa shape index (κ2) is 6.18. The molecule has 0 saturated carbocycles. The van der Waals surface area contributed by atoms with Crippen LogP contribution in [0.5, 0.6) is 0 Å². The van der Waals surface area contributed by atoms with Crippen LogP contribution >= 0.6 is 0 Å². The smallest absolute Gasteiger partial charge is 0.322 e. The van der Waals surface area contributed by atoms with Crippen LogP contribution in [0, 0.1) is 10.1 Å². The third kappa shape index (κ3) is 3.06. The Balaban J connectivity index is 2.02. The van der Waals surface area contributed by atoms with Gasteiger partial charge in [0.05, 0.1) is 27.8 Å². The second-order valence-electron chi connectivity index (χ2n) is 5.31. The summed E-state index contributed by atoms with van der Waals surface area (Å²) >= 11 is 0. The summed E-state index contributed by atoms with van der Waals surface area (Å²) in [5.74, 6) is -1.30. The Morgan fingerprint density at radius 1 is 1.20 bits per heavy atom. The maximum Gasteiger partial charge on any atom is 0.322 e. The first kappa shape index (κ1) is 16.9. The van der Waals surface area contributed by atoms with Gasteiger partial charge in [0.1, 0.15) is 6.04 Å². The number of non-ortho nitro benzene ring substituents is 1. The van der Waals surface area contributed by atoms with Gasteiger partial charge in [-0.2, -0.15) is 4.31 Å². The van der Waals surface area contributed by atoms with Crippen molar-refractivity contribution < 1.29 is 23.2 Å². The molecule has 1 N–H and O–H groups in total. The molecule has 2 heterocycles. The number of carboxylic acid groups (broad SMARTS) is 1. The Hall–Kier alpha value is -2.92. The summed E-state index contributed by atoms with van der Waals surface area (Å²) in [4.78, 5) is 29.5. The lowest BCUT2D eigenvalue weighted by molar-refractivity contribution is -0.384. The SMILES string of the molecule is O=C(O)[C@H]1Cc2nccnc2CN1S(=O)(=O)c1ccc([N+](=O)[O-])cc1. The molecule has 2 aromatic rings. The Morgan fingerprint density at radius 2 is 1.80 bits per heavy atom. The molecule has 0 bridgehead atoms. The van der Waals surface area contributed by atoms with E-state index in [1.165, 1.54) is 12.4 Å². The predicted molar refractivity (Wildman–Crippen MR) is 83.0 cm³/mol. The fourth-order valence-corrected chi connectivity index (χ4v) is 4.12. The van der Waals surface area contributed by atoms with Gasteiger partial charge in [0, 0.05) is 30.9 Å². The average Bonchev–Trinajstić information content (AvgIpc) is 2.60. The first-order valence-electron chi connectivity index (χ1n) is 7.08. The molecule has 0 fully saturated rings. The van der Waals surface area contributed by atoms with Crippen molar-refractivity contribution in [1.82, 2.24) is 14.3 Å². The van der Waals surface area contributed by atoms with Crippen LogP contribution in [-0.2, 0) is 27.8 Å². The van der Waals surface area contributed by atoms with Gasteiger partial charge < -0.3 is 5.11 Å². The minimum absolute atomic E-state index is 0.106. The van der Waals surface area contributed by atoms with Crippen LogP contribution < -0.4 is 0 Å². The highest BCUT2D eigenvalue weighted by Crippen LogP contribution is 2.28. The quantitative estimate of drug-likeness (QED) is 0.613. The molecule has 0 saturated heterocycles. The number of carbonyl (C=O) groups is 1. The molecule has 3 rings (SSSR count). The number of hydrogen-bond donors (Lipinski definition) is 1. The highest BCUT2D eigenvalue weighted by atomic mass is 32.2. The largest absolute Gasteiger partial charge is 0.480 e. The summed E-state index contributed by atoms with van der Waals surface area (Å²) in [6, 6.07) is 2.95. The Morgan fingerprint density at radius 3 is 2.36 bits per heavy atom. The molecule has 1 aromatic heterocycles. The normalized spacial score (nSPS) is 17.7. The second-order valence-corrected chi connectivity index (χ2v) is 7.20. The van der Waals surface area contributed by atoms with Gasteiger partial charge in [0.2, 0.25) is 10.0 Å². The molecule has 0 spiro atoms. The van der Waals surface area contributed by atoms with Crippen LogP contribution in [0.4, 0.5) is 5.69 Å². The van der Waals surface area contributed by atoms with E-state index in [9.17, 15) is 28.4 Å². The standard InChI is InChI=1S/C14H12N4O6S/c19-14(20)13-7-11-12(16-6-5-15-11)8-17(13)25(23,24)10-3-1-9(2-4-10)18(21)22/h1-6,13H,7-8H2,(H,19,20)/t13-/m1/s1. The maximum atomic E-state index is 12.8. The van der Waals surface area contributed by atoms with Gasteiger partial charge in [-0.1, -0.05) is 0 Å². The summed E-state index contributed by atoms with van der Waals surface area (Å²) in [6.45, 7) is -0.237. The van der Waals surface area contributed by atoms with Gasteiger partial charge in [-0.15, -0.1) is 0 Å². The van der Waals surface area contributed by atoms with Crippen molar-refractivity contribution in [3.8, 4) is 0 Å². The van der Waals surface area contributed by atoms with Gasteiger partial charge in [-0.05, 0) is 12.1 Å². The fraction of sp³-hybridized carbons (Fsp3) is 0.214. The molecule has 25 heavy (non-hydrogen) atoms. The zero-order chi connectivity index (χ0) is 18.2. The lowest BCUT2D eigenvalue weighted by Crippen LogP contribution is -2.49. The highest BCUT2D eigenvalue weighted by molar-refractivity contribution is 7.89. The molecule has 130 valence electrons. The molecule has 0 amide bonds. The van der Waals surface area contributed by atoms with E-state index < -0.39 is 27.0 Å². The number of fused-ring (bicyclic) bond motifs is 1. The zero-order valence-electron chi connectivity index (χ0n) is 12.6. The van der Waals surface area contributed by atoms with Crippen molar-refractivity contribution >= 4 is 21.7 Å². The molecule has 10 nitrogen and oxygen atoms in total. The summed E-state index contributed by atoms with van der Waals surface area (Å²) < 4.78 is 26.5. The number of hydrogen-bond acceptors (Lipinski definition) is 7. The minimum atomic E-state index is -4.18. The van der Waals surface area contributed by atoms with E-state index in [2.05, 4.69) is 9.97 Å². The van der Waals surface area contributed by atoms with E-state index in [1.54, 1.807) is 0 Å². The molecule has 11 heteroatoms. The number of nitrogens with zero attached hydrogens (tertiary/aromatic N) is 4. The van der Waals surface area contributed by atoms with Crippen LogP contribution in [0.25, 0.3) is 0 Å². The van der Waals surface area contributed by atoms with Crippen LogP contribution in [0.15, 0.2) is 41.6 Å². The molecular formula is C14H12N4O6S. The third-order valence-electron chi connectivity index (χ3n) is 3.84. The van der Waals surface area contributed by atoms with Gasteiger partial charge in [0.15, 0.2) is 0 Å². The Kier molecular flexibility index (Phi) is 4.18. The predicted octanol–water partition coefficient (Wildman–Crippen LogP) is 0.585. The van der Waals surface area contributed by atoms with Crippen molar-refractivity contribution in [2.75, 3.05) is 0 Å². The monoisotopic (exact) mass is 364 g/mol. The van der Waals surface area contributed by atoms with Crippen molar-refractivity contribution in [3.63, 3.8) is 0 Å².